The van der Waals surface area contributed by atoms with Crippen molar-refractivity contribution < 1.29 is 14.6 Å². The Morgan fingerprint density at radius 3 is 2.37 bits per heavy atom. The lowest BCUT2D eigenvalue weighted by Crippen LogP contribution is -2.24. The second kappa shape index (κ2) is 5.19. The topological polar surface area (TPSA) is 40.5 Å². The molecule has 0 aliphatic heterocycles. The Hall–Kier alpha value is -1.58. The Morgan fingerprint density at radius 1 is 1.16 bits per heavy atom. The monoisotopic (exact) mass is 280 g/mol. The number of halogens is 2. The molecule has 0 aliphatic rings. The van der Waals surface area contributed by atoms with Crippen molar-refractivity contribution in [2.24, 2.45) is 0 Å². The second-order valence-corrected chi connectivity index (χ2v) is 5.15. The minimum Gasteiger partial charge on any atom is -0.508 e. The van der Waals surface area contributed by atoms with Crippen LogP contribution in [0.5, 0.6) is 5.75 Å². The summed E-state index contributed by atoms with van der Waals surface area (Å²) in [6, 6.07) is 10.8. The van der Waals surface area contributed by atoms with Gasteiger partial charge in [-0.25, -0.2) is 4.39 Å². The zero-order valence-corrected chi connectivity index (χ0v) is 11.2. The maximum Gasteiger partial charge on any atom is 0.142 e. The third-order valence-electron chi connectivity index (χ3n) is 3.02. The molecule has 0 saturated carbocycles. The third kappa shape index (κ3) is 3.25. The highest BCUT2D eigenvalue weighted by atomic mass is 35.5. The first-order chi connectivity index (χ1) is 8.88. The molecule has 0 bridgehead atoms. The molecule has 1 atom stereocenters. The molecule has 100 valence electrons. The van der Waals surface area contributed by atoms with Gasteiger partial charge in [0.15, 0.2) is 0 Å². The Labute approximate surface area is 116 Å². The first-order valence-corrected chi connectivity index (χ1v) is 6.22. The number of phenols is 1. The molecule has 0 heterocycles. The van der Waals surface area contributed by atoms with Gasteiger partial charge in [-0.2, -0.15) is 0 Å². The van der Waals surface area contributed by atoms with Gasteiger partial charge < -0.3 is 10.2 Å². The van der Waals surface area contributed by atoms with Crippen LogP contribution in [0, 0.1) is 5.82 Å². The van der Waals surface area contributed by atoms with Gasteiger partial charge in [0.2, 0.25) is 0 Å². The summed E-state index contributed by atoms with van der Waals surface area (Å²) >= 11 is 5.62. The van der Waals surface area contributed by atoms with Crippen molar-refractivity contribution in [3.8, 4) is 5.75 Å². The van der Waals surface area contributed by atoms with Crippen molar-refractivity contribution in [3.63, 3.8) is 0 Å². The van der Waals surface area contributed by atoms with E-state index in [1.807, 2.05) is 0 Å². The number of benzene rings is 2. The lowest BCUT2D eigenvalue weighted by Gasteiger charge is -2.24. The Balaban J connectivity index is 2.25. The predicted molar refractivity (Wildman–Crippen MR) is 72.8 cm³/mol. The van der Waals surface area contributed by atoms with Crippen LogP contribution < -0.4 is 0 Å². The summed E-state index contributed by atoms with van der Waals surface area (Å²) < 4.78 is 13.4. The van der Waals surface area contributed by atoms with E-state index >= 15 is 0 Å². The van der Waals surface area contributed by atoms with Gasteiger partial charge in [0.1, 0.15) is 11.6 Å². The first-order valence-electron chi connectivity index (χ1n) is 5.84. The molecule has 2 aromatic carbocycles. The number of hydrogen-bond acceptors (Lipinski definition) is 2. The number of hydrogen-bond donors (Lipinski definition) is 2. The molecule has 0 radical (unpaired) electrons. The Kier molecular flexibility index (Phi) is 3.78. The fourth-order valence-corrected chi connectivity index (χ4v) is 2.09. The van der Waals surface area contributed by atoms with Gasteiger partial charge in [0, 0.05) is 6.42 Å². The normalized spacial score (nSPS) is 14.1. The van der Waals surface area contributed by atoms with Gasteiger partial charge in [-0.05, 0) is 42.3 Å². The van der Waals surface area contributed by atoms with Gasteiger partial charge in [0.05, 0.1) is 10.6 Å². The molecule has 0 fully saturated rings. The molecule has 2 N–H and O–H groups in total. The van der Waals surface area contributed by atoms with Gasteiger partial charge in [0.25, 0.3) is 0 Å². The molecule has 0 aliphatic carbocycles. The van der Waals surface area contributed by atoms with Crippen LogP contribution >= 0.6 is 11.6 Å². The van der Waals surface area contributed by atoms with E-state index in [-0.39, 0.29) is 17.2 Å². The molecule has 0 spiro atoms. The molecule has 0 aromatic heterocycles. The van der Waals surface area contributed by atoms with Crippen molar-refractivity contribution >= 4 is 11.6 Å². The molecule has 4 heteroatoms. The van der Waals surface area contributed by atoms with Crippen LogP contribution in [0.2, 0.25) is 5.02 Å². The van der Waals surface area contributed by atoms with E-state index in [9.17, 15) is 14.6 Å². The van der Waals surface area contributed by atoms with Crippen LogP contribution in [-0.2, 0) is 12.0 Å². The van der Waals surface area contributed by atoms with Gasteiger partial charge in [-0.15, -0.1) is 0 Å². The summed E-state index contributed by atoms with van der Waals surface area (Å²) in [5.41, 5.74) is 0.161. The summed E-state index contributed by atoms with van der Waals surface area (Å²) in [6.45, 7) is 1.64. The zero-order valence-electron chi connectivity index (χ0n) is 10.4. The lowest BCUT2D eigenvalue weighted by molar-refractivity contribution is 0.0575. The summed E-state index contributed by atoms with van der Waals surface area (Å²) in [6.07, 6.45) is 0.256. The van der Waals surface area contributed by atoms with E-state index in [1.54, 1.807) is 25.1 Å². The summed E-state index contributed by atoms with van der Waals surface area (Å²) in [5.74, 6) is -0.363. The molecule has 1 unspecified atom stereocenters. The highest BCUT2D eigenvalue weighted by Gasteiger charge is 2.23. The molecule has 19 heavy (non-hydrogen) atoms. The average Bonchev–Trinajstić information content (AvgIpc) is 2.34. The average molecular weight is 281 g/mol. The predicted octanol–water partition coefficient (Wildman–Crippen LogP) is 3.63. The lowest BCUT2D eigenvalue weighted by atomic mass is 9.89. The summed E-state index contributed by atoms with van der Waals surface area (Å²) in [7, 11) is 0. The first kappa shape index (κ1) is 13.8. The van der Waals surface area contributed by atoms with Crippen LogP contribution in [-0.4, -0.2) is 10.2 Å². The van der Waals surface area contributed by atoms with Gasteiger partial charge >= 0.3 is 0 Å². The number of aromatic hydroxyl groups is 1. The fourth-order valence-electron chi connectivity index (χ4n) is 1.97. The van der Waals surface area contributed by atoms with E-state index < -0.39 is 11.4 Å². The van der Waals surface area contributed by atoms with Crippen molar-refractivity contribution in [2.75, 3.05) is 0 Å². The SMILES string of the molecule is CC(O)(Cc1ccc(Cl)c(F)c1)c1ccc(O)cc1. The van der Waals surface area contributed by atoms with E-state index in [0.717, 1.165) is 0 Å². The number of rotatable bonds is 3. The molecule has 2 aromatic rings. The highest BCUT2D eigenvalue weighted by molar-refractivity contribution is 6.30. The van der Waals surface area contributed by atoms with Crippen molar-refractivity contribution in [3.05, 3.63) is 64.4 Å². The van der Waals surface area contributed by atoms with Gasteiger partial charge in [-0.1, -0.05) is 29.8 Å². The minimum absolute atomic E-state index is 0.0630. The molecule has 0 amide bonds. The summed E-state index contributed by atoms with van der Waals surface area (Å²) in [5, 5.41) is 19.7. The van der Waals surface area contributed by atoms with Crippen LogP contribution in [0.1, 0.15) is 18.1 Å². The molecule has 0 saturated heterocycles. The molecular weight excluding hydrogens is 267 g/mol. The van der Waals surface area contributed by atoms with Crippen LogP contribution in [0.4, 0.5) is 4.39 Å². The van der Waals surface area contributed by atoms with Crippen LogP contribution in [0.25, 0.3) is 0 Å². The van der Waals surface area contributed by atoms with E-state index in [1.165, 1.54) is 24.3 Å². The number of aliphatic hydroxyl groups is 1. The highest BCUT2D eigenvalue weighted by Crippen LogP contribution is 2.28. The maximum absolute atomic E-state index is 13.4. The number of phenolic OH excluding ortho intramolecular Hbond substituents is 1. The Morgan fingerprint density at radius 2 is 1.79 bits per heavy atom. The molecule has 2 rings (SSSR count). The minimum atomic E-state index is -1.14. The van der Waals surface area contributed by atoms with Crippen molar-refractivity contribution in [1.29, 1.82) is 0 Å². The smallest absolute Gasteiger partial charge is 0.142 e. The molecular formula is C15H14ClFO2. The quantitative estimate of drug-likeness (QED) is 0.901. The standard InChI is InChI=1S/C15H14ClFO2/c1-15(19,11-3-5-12(18)6-4-11)9-10-2-7-13(16)14(17)8-10/h2-8,18-19H,9H2,1H3. The van der Waals surface area contributed by atoms with Crippen molar-refractivity contribution in [1.82, 2.24) is 0 Å². The fraction of sp³-hybridized carbons (Fsp3) is 0.200. The molecule has 2 nitrogen and oxygen atoms in total. The van der Waals surface area contributed by atoms with E-state index in [0.29, 0.717) is 11.1 Å². The summed E-state index contributed by atoms with van der Waals surface area (Å²) in [4.78, 5) is 0. The van der Waals surface area contributed by atoms with E-state index in [2.05, 4.69) is 0 Å². The Bertz CT molecular complexity index is 579. The van der Waals surface area contributed by atoms with Crippen molar-refractivity contribution in [2.45, 2.75) is 18.9 Å². The zero-order chi connectivity index (χ0) is 14.0. The van der Waals surface area contributed by atoms with E-state index in [4.69, 9.17) is 11.6 Å². The second-order valence-electron chi connectivity index (χ2n) is 4.75. The van der Waals surface area contributed by atoms with Crippen LogP contribution in [0.3, 0.4) is 0 Å². The van der Waals surface area contributed by atoms with Gasteiger partial charge in [-0.3, -0.25) is 0 Å². The largest absolute Gasteiger partial charge is 0.508 e. The maximum atomic E-state index is 13.4. The third-order valence-corrected chi connectivity index (χ3v) is 3.33. The van der Waals surface area contributed by atoms with Crippen LogP contribution in [0.15, 0.2) is 42.5 Å².